The molecule has 0 fully saturated rings. The van der Waals surface area contributed by atoms with Crippen molar-refractivity contribution in [1.29, 1.82) is 0 Å². The molecule has 0 radical (unpaired) electrons. The monoisotopic (exact) mass is 819 g/mol. The summed E-state index contributed by atoms with van der Waals surface area (Å²) in [6, 6.07) is 74.0. The van der Waals surface area contributed by atoms with Crippen LogP contribution in [0, 0.1) is 0 Å². The molecule has 0 bridgehead atoms. The molecule has 2 aliphatic rings. The molecule has 0 unspecified atom stereocenters. The van der Waals surface area contributed by atoms with Crippen LogP contribution in [0.1, 0.15) is 49.9 Å². The molecule has 0 saturated heterocycles. The van der Waals surface area contributed by atoms with Gasteiger partial charge in [-0.1, -0.05) is 198 Å². The first-order valence-electron chi connectivity index (χ1n) is 22.5. The van der Waals surface area contributed by atoms with Gasteiger partial charge in [-0.05, 0) is 108 Å². The van der Waals surface area contributed by atoms with Crippen molar-refractivity contribution in [3.63, 3.8) is 0 Å². The second-order valence-electron chi connectivity index (χ2n) is 18.8. The highest BCUT2D eigenvalue weighted by molar-refractivity contribution is 6.31. The highest BCUT2D eigenvalue weighted by Crippen LogP contribution is 2.56. The fourth-order valence-electron chi connectivity index (χ4n) is 11.5. The molecule has 2 aliphatic carbocycles. The third-order valence-corrected chi connectivity index (χ3v) is 14.7. The van der Waals surface area contributed by atoms with Gasteiger partial charge in [0.2, 0.25) is 0 Å². The molecule has 11 aromatic rings. The fourth-order valence-corrected chi connectivity index (χ4v) is 11.5. The molecule has 64 heavy (non-hydrogen) atoms. The SMILES string of the molecule is CC1(C)c2ccccc2-c2ccc(N(c3ccc4c(c3)C(C)(C)c3ccccc3-4)c3c(-c4ccc(-c5ccccc5)cc4)ccc4c3oc3c5ccccc5c5ccccc5c43)cc21. The lowest BCUT2D eigenvalue weighted by atomic mass is 9.82. The van der Waals surface area contributed by atoms with E-state index in [-0.39, 0.29) is 10.8 Å². The van der Waals surface area contributed by atoms with Crippen LogP contribution in [0.2, 0.25) is 0 Å². The number of hydrogen-bond donors (Lipinski definition) is 0. The summed E-state index contributed by atoms with van der Waals surface area (Å²) in [5.74, 6) is 0. The second kappa shape index (κ2) is 13.4. The summed E-state index contributed by atoms with van der Waals surface area (Å²) in [5, 5.41) is 6.99. The third-order valence-electron chi connectivity index (χ3n) is 14.7. The van der Waals surface area contributed by atoms with E-state index in [1.54, 1.807) is 0 Å². The summed E-state index contributed by atoms with van der Waals surface area (Å²) in [6.07, 6.45) is 0. The minimum absolute atomic E-state index is 0.186. The highest BCUT2D eigenvalue weighted by atomic mass is 16.3. The van der Waals surface area contributed by atoms with E-state index in [0.29, 0.717) is 0 Å². The average Bonchev–Trinajstić information content (AvgIpc) is 3.93. The Morgan fingerprint density at radius 2 is 0.781 bits per heavy atom. The van der Waals surface area contributed by atoms with Crippen LogP contribution in [-0.4, -0.2) is 0 Å². The summed E-state index contributed by atoms with van der Waals surface area (Å²) < 4.78 is 7.51. The lowest BCUT2D eigenvalue weighted by molar-refractivity contribution is 0.660. The van der Waals surface area contributed by atoms with E-state index in [4.69, 9.17) is 4.42 Å². The van der Waals surface area contributed by atoms with E-state index in [9.17, 15) is 0 Å². The lowest BCUT2D eigenvalue weighted by Crippen LogP contribution is -2.18. The van der Waals surface area contributed by atoms with Gasteiger partial charge in [0.15, 0.2) is 5.58 Å². The molecule has 0 amide bonds. The number of nitrogens with zero attached hydrogens (tertiary/aromatic N) is 1. The summed E-state index contributed by atoms with van der Waals surface area (Å²) in [6.45, 7) is 9.49. The topological polar surface area (TPSA) is 16.4 Å². The number of hydrogen-bond acceptors (Lipinski definition) is 2. The van der Waals surface area contributed by atoms with Crippen LogP contribution in [0.3, 0.4) is 0 Å². The van der Waals surface area contributed by atoms with Crippen molar-refractivity contribution in [1.82, 2.24) is 0 Å². The Labute approximate surface area is 373 Å². The van der Waals surface area contributed by atoms with Gasteiger partial charge >= 0.3 is 0 Å². The van der Waals surface area contributed by atoms with Gasteiger partial charge in [-0.3, -0.25) is 0 Å². The number of furan rings is 1. The molecule has 2 heteroatoms. The van der Waals surface area contributed by atoms with Crippen LogP contribution in [0.5, 0.6) is 0 Å². The normalized spacial score (nSPS) is 14.2. The highest BCUT2D eigenvalue weighted by Gasteiger charge is 2.38. The first kappa shape index (κ1) is 36.9. The molecule has 0 atom stereocenters. The molecule has 0 saturated carbocycles. The molecule has 1 aromatic heterocycles. The lowest BCUT2D eigenvalue weighted by Gasteiger charge is -2.31. The number of rotatable bonds is 5. The van der Waals surface area contributed by atoms with Gasteiger partial charge in [-0.25, -0.2) is 0 Å². The van der Waals surface area contributed by atoms with Crippen molar-refractivity contribution in [2.24, 2.45) is 0 Å². The number of fused-ring (bicyclic) bond motifs is 14. The zero-order valence-corrected chi connectivity index (χ0v) is 36.4. The zero-order valence-electron chi connectivity index (χ0n) is 36.4. The summed E-state index contributed by atoms with van der Waals surface area (Å²) in [7, 11) is 0. The van der Waals surface area contributed by atoms with Gasteiger partial charge in [-0.2, -0.15) is 0 Å². The van der Waals surface area contributed by atoms with Crippen LogP contribution in [0.25, 0.3) is 88.0 Å². The van der Waals surface area contributed by atoms with E-state index >= 15 is 0 Å². The minimum atomic E-state index is -0.186. The first-order chi connectivity index (χ1) is 31.3. The zero-order chi connectivity index (χ0) is 42.9. The van der Waals surface area contributed by atoms with Crippen molar-refractivity contribution in [3.8, 4) is 44.5 Å². The molecule has 1 heterocycles. The van der Waals surface area contributed by atoms with E-state index in [2.05, 4.69) is 233 Å². The smallest absolute Gasteiger partial charge is 0.160 e. The number of benzene rings is 10. The molecule has 2 nitrogen and oxygen atoms in total. The Balaban J connectivity index is 1.15. The van der Waals surface area contributed by atoms with E-state index in [1.807, 2.05) is 0 Å². The van der Waals surface area contributed by atoms with E-state index in [1.165, 1.54) is 71.8 Å². The molecule has 0 spiro atoms. The fraction of sp³-hybridized carbons (Fsp3) is 0.0968. The average molecular weight is 820 g/mol. The van der Waals surface area contributed by atoms with Gasteiger partial charge in [0.1, 0.15) is 5.58 Å². The van der Waals surface area contributed by atoms with Crippen molar-refractivity contribution >= 4 is 60.5 Å². The number of anilines is 3. The van der Waals surface area contributed by atoms with E-state index < -0.39 is 0 Å². The third kappa shape index (κ3) is 5.14. The van der Waals surface area contributed by atoms with Crippen LogP contribution >= 0.6 is 0 Å². The Hall–Kier alpha value is -7.68. The maximum absolute atomic E-state index is 7.51. The predicted octanol–water partition coefficient (Wildman–Crippen LogP) is 17.3. The minimum Gasteiger partial charge on any atom is -0.453 e. The van der Waals surface area contributed by atoms with Crippen molar-refractivity contribution in [3.05, 3.63) is 222 Å². The van der Waals surface area contributed by atoms with Crippen LogP contribution in [-0.2, 0) is 10.8 Å². The van der Waals surface area contributed by atoms with Gasteiger partial charge in [0.05, 0.1) is 5.69 Å². The predicted molar refractivity (Wildman–Crippen MR) is 269 cm³/mol. The van der Waals surface area contributed by atoms with Crippen LogP contribution < -0.4 is 4.90 Å². The van der Waals surface area contributed by atoms with Crippen molar-refractivity contribution in [2.75, 3.05) is 4.90 Å². The molecule has 0 N–H and O–H groups in total. The molecule has 0 aliphatic heterocycles. The standard InChI is InChI=1S/C62H45NO/c1-61(2)53-24-14-12-20-46(53)48-32-30-41(36-55(48)61)63(42-31-33-49-47-21-13-15-25-54(47)62(3,4)56(49)37-42)58-43(40-28-26-39(27-29-40)38-16-6-5-7-17-38)34-35-52-57-50-22-10-8-18-44(50)45-19-9-11-23-51(45)59(57)64-60(52)58/h5-37H,1-4H3. The quantitative estimate of drug-likeness (QED) is 0.161. The van der Waals surface area contributed by atoms with E-state index in [0.717, 1.165) is 55.5 Å². The maximum Gasteiger partial charge on any atom is 0.160 e. The Morgan fingerprint density at radius 3 is 1.39 bits per heavy atom. The van der Waals surface area contributed by atoms with Crippen LogP contribution in [0.4, 0.5) is 17.1 Å². The van der Waals surface area contributed by atoms with Crippen LogP contribution in [0.15, 0.2) is 205 Å². The van der Waals surface area contributed by atoms with Gasteiger partial charge < -0.3 is 9.32 Å². The van der Waals surface area contributed by atoms with Gasteiger partial charge in [0, 0.05) is 43.9 Å². The largest absolute Gasteiger partial charge is 0.453 e. The molecule has 10 aromatic carbocycles. The molecular formula is C62H45NO. The van der Waals surface area contributed by atoms with Gasteiger partial charge in [-0.15, -0.1) is 0 Å². The Morgan fingerprint density at radius 1 is 0.328 bits per heavy atom. The van der Waals surface area contributed by atoms with Gasteiger partial charge in [0.25, 0.3) is 0 Å². The maximum atomic E-state index is 7.51. The Bertz CT molecular complexity index is 3610. The van der Waals surface area contributed by atoms with Crippen molar-refractivity contribution < 1.29 is 4.42 Å². The van der Waals surface area contributed by atoms with Crippen molar-refractivity contribution in [2.45, 2.75) is 38.5 Å². The summed E-state index contributed by atoms with van der Waals surface area (Å²) in [4.78, 5) is 2.51. The molecule has 304 valence electrons. The first-order valence-corrected chi connectivity index (χ1v) is 22.5. The Kier molecular flexibility index (Phi) is 7.74. The summed E-state index contributed by atoms with van der Waals surface area (Å²) >= 11 is 0. The molecule has 13 rings (SSSR count). The summed E-state index contributed by atoms with van der Waals surface area (Å²) in [5.41, 5.74) is 19.8. The second-order valence-corrected chi connectivity index (χ2v) is 18.8. The molecular weight excluding hydrogens is 775 g/mol.